The third-order valence-corrected chi connectivity index (χ3v) is 4.20. The number of aromatic nitrogens is 1. The third-order valence-electron chi connectivity index (χ3n) is 2.92. The molecule has 0 fully saturated rings. The number of nitrogens with zero attached hydrogens (tertiary/aromatic N) is 1. The number of nitrogens with one attached hydrogen (secondary N) is 1. The topological polar surface area (TPSA) is 68.0 Å². The number of amides is 1. The largest absolute Gasteiger partial charge is 0.368 e. The van der Waals surface area contributed by atoms with Gasteiger partial charge in [-0.2, -0.15) is 0 Å². The Morgan fingerprint density at radius 1 is 1.38 bits per heavy atom. The number of hydrogen-bond donors (Lipinski definition) is 2. The number of nitrogens with two attached hydrogens (primary N) is 1. The summed E-state index contributed by atoms with van der Waals surface area (Å²) in [7, 11) is 0. The number of hydrogen-bond acceptors (Lipinski definition) is 4. The zero-order valence-electron chi connectivity index (χ0n) is 12.2. The van der Waals surface area contributed by atoms with Crippen molar-refractivity contribution >= 4 is 22.9 Å². The first-order chi connectivity index (χ1) is 9.79. The van der Waals surface area contributed by atoms with Crippen molar-refractivity contribution in [3.05, 3.63) is 46.2 Å². The first-order valence-electron chi connectivity index (χ1n) is 6.55. The molecule has 0 saturated heterocycles. The van der Waals surface area contributed by atoms with E-state index in [0.717, 1.165) is 5.01 Å². The molecule has 4 nitrogen and oxygen atoms in total. The van der Waals surface area contributed by atoms with Crippen LogP contribution in [0, 0.1) is 5.82 Å². The Hall–Kier alpha value is -1.95. The SMILES string of the molecule is CC(C)(C)c1nc(C(Nc2ccccc2F)C(N)=O)cs1. The lowest BCUT2D eigenvalue weighted by atomic mass is 9.98. The number of carbonyl (C=O) groups is 1. The Kier molecular flexibility index (Phi) is 4.27. The van der Waals surface area contributed by atoms with Crippen molar-refractivity contribution in [2.45, 2.75) is 32.2 Å². The van der Waals surface area contributed by atoms with Gasteiger partial charge >= 0.3 is 0 Å². The molecule has 3 N–H and O–H groups in total. The zero-order chi connectivity index (χ0) is 15.6. The van der Waals surface area contributed by atoms with E-state index in [1.165, 1.54) is 17.4 Å². The molecule has 2 aromatic rings. The van der Waals surface area contributed by atoms with E-state index in [0.29, 0.717) is 5.69 Å². The van der Waals surface area contributed by atoms with Crippen molar-refractivity contribution in [1.82, 2.24) is 4.98 Å². The Balaban J connectivity index is 2.30. The zero-order valence-corrected chi connectivity index (χ0v) is 13.0. The Labute approximate surface area is 127 Å². The molecule has 1 unspecified atom stereocenters. The summed E-state index contributed by atoms with van der Waals surface area (Å²) in [6.07, 6.45) is 0. The van der Waals surface area contributed by atoms with Crippen LogP contribution in [-0.2, 0) is 10.2 Å². The van der Waals surface area contributed by atoms with E-state index in [4.69, 9.17) is 5.73 Å². The molecule has 1 amide bonds. The maximum atomic E-state index is 13.7. The predicted octanol–water partition coefficient (Wildman–Crippen LogP) is 3.22. The summed E-state index contributed by atoms with van der Waals surface area (Å²) in [6.45, 7) is 6.12. The van der Waals surface area contributed by atoms with E-state index >= 15 is 0 Å². The molecule has 1 aromatic heterocycles. The van der Waals surface area contributed by atoms with E-state index in [-0.39, 0.29) is 11.1 Å². The van der Waals surface area contributed by atoms with E-state index in [1.807, 2.05) is 20.8 Å². The van der Waals surface area contributed by atoms with Gasteiger partial charge in [-0.25, -0.2) is 9.37 Å². The molecule has 0 radical (unpaired) electrons. The smallest absolute Gasteiger partial charge is 0.246 e. The van der Waals surface area contributed by atoms with Crippen molar-refractivity contribution < 1.29 is 9.18 Å². The highest BCUT2D eigenvalue weighted by molar-refractivity contribution is 7.09. The van der Waals surface area contributed by atoms with Crippen molar-refractivity contribution in [2.75, 3.05) is 5.32 Å². The molecule has 0 aliphatic heterocycles. The molecule has 0 bridgehead atoms. The first-order valence-corrected chi connectivity index (χ1v) is 7.43. The fraction of sp³-hybridized carbons (Fsp3) is 0.333. The van der Waals surface area contributed by atoms with Crippen LogP contribution in [-0.4, -0.2) is 10.9 Å². The van der Waals surface area contributed by atoms with Crippen LogP contribution in [0.25, 0.3) is 0 Å². The highest BCUT2D eigenvalue weighted by Crippen LogP contribution is 2.29. The Morgan fingerprint density at radius 2 is 2.05 bits per heavy atom. The van der Waals surface area contributed by atoms with Gasteiger partial charge in [-0.05, 0) is 12.1 Å². The van der Waals surface area contributed by atoms with Crippen LogP contribution in [0.5, 0.6) is 0 Å². The predicted molar refractivity (Wildman–Crippen MR) is 82.8 cm³/mol. The van der Waals surface area contributed by atoms with E-state index in [1.54, 1.807) is 23.6 Å². The molecule has 1 atom stereocenters. The summed E-state index contributed by atoms with van der Waals surface area (Å²) >= 11 is 1.46. The quantitative estimate of drug-likeness (QED) is 0.911. The summed E-state index contributed by atoms with van der Waals surface area (Å²) in [5.41, 5.74) is 6.06. The Morgan fingerprint density at radius 3 is 2.57 bits per heavy atom. The van der Waals surface area contributed by atoms with Crippen LogP contribution in [0.1, 0.15) is 37.5 Å². The maximum Gasteiger partial charge on any atom is 0.246 e. The second-order valence-corrected chi connectivity index (χ2v) is 6.65. The number of benzene rings is 1. The minimum absolute atomic E-state index is 0.108. The van der Waals surface area contributed by atoms with Crippen LogP contribution < -0.4 is 11.1 Å². The van der Waals surface area contributed by atoms with Gasteiger partial charge in [0.1, 0.15) is 11.9 Å². The van der Waals surface area contributed by atoms with Gasteiger partial charge in [-0.15, -0.1) is 11.3 Å². The monoisotopic (exact) mass is 307 g/mol. The van der Waals surface area contributed by atoms with E-state index in [2.05, 4.69) is 10.3 Å². The lowest BCUT2D eigenvalue weighted by Crippen LogP contribution is -2.28. The maximum absolute atomic E-state index is 13.7. The van der Waals surface area contributed by atoms with Gasteiger partial charge in [0.25, 0.3) is 0 Å². The van der Waals surface area contributed by atoms with Gasteiger partial charge < -0.3 is 11.1 Å². The summed E-state index contributed by atoms with van der Waals surface area (Å²) in [4.78, 5) is 16.1. The van der Waals surface area contributed by atoms with Crippen molar-refractivity contribution in [3.63, 3.8) is 0 Å². The molecule has 1 heterocycles. The van der Waals surface area contributed by atoms with Crippen LogP contribution in [0.3, 0.4) is 0 Å². The first kappa shape index (κ1) is 15.4. The minimum atomic E-state index is -0.853. The van der Waals surface area contributed by atoms with Gasteiger partial charge in [0, 0.05) is 10.8 Å². The number of carbonyl (C=O) groups excluding carboxylic acids is 1. The summed E-state index contributed by atoms with van der Waals surface area (Å²) < 4.78 is 13.7. The van der Waals surface area contributed by atoms with Gasteiger partial charge in [0.15, 0.2) is 0 Å². The van der Waals surface area contributed by atoms with Gasteiger partial charge in [0.2, 0.25) is 5.91 Å². The number of anilines is 1. The molecule has 6 heteroatoms. The molecular weight excluding hydrogens is 289 g/mol. The van der Waals surface area contributed by atoms with E-state index < -0.39 is 17.8 Å². The van der Waals surface area contributed by atoms with Gasteiger partial charge in [0.05, 0.1) is 16.4 Å². The molecule has 0 saturated carbocycles. The van der Waals surface area contributed by atoms with E-state index in [9.17, 15) is 9.18 Å². The molecule has 0 aliphatic rings. The van der Waals surface area contributed by atoms with Crippen LogP contribution in [0.2, 0.25) is 0 Å². The standard InChI is InChI=1S/C15H18FN3OS/c1-15(2,3)14-19-11(8-21-14)12(13(17)20)18-10-7-5-4-6-9(10)16/h4-8,12,18H,1-3H3,(H2,17,20). The molecule has 112 valence electrons. The second-order valence-electron chi connectivity index (χ2n) is 5.79. The molecule has 1 aromatic carbocycles. The lowest BCUT2D eigenvalue weighted by Gasteiger charge is -2.16. The number of rotatable bonds is 4. The molecule has 0 aliphatic carbocycles. The van der Waals surface area contributed by atoms with Gasteiger partial charge in [-0.1, -0.05) is 32.9 Å². The summed E-state index contributed by atoms with van der Waals surface area (Å²) in [5, 5.41) is 5.51. The fourth-order valence-corrected chi connectivity index (χ4v) is 2.72. The number of para-hydroxylation sites is 1. The van der Waals surface area contributed by atoms with Crippen LogP contribution >= 0.6 is 11.3 Å². The second kappa shape index (κ2) is 5.81. The molecular formula is C15H18FN3OS. The number of thiazole rings is 1. The minimum Gasteiger partial charge on any atom is -0.368 e. The average molecular weight is 307 g/mol. The summed E-state index contributed by atoms with van der Waals surface area (Å²) in [6, 6.07) is 5.30. The van der Waals surface area contributed by atoms with Crippen LogP contribution in [0.4, 0.5) is 10.1 Å². The Bertz CT molecular complexity index is 648. The van der Waals surface area contributed by atoms with Crippen molar-refractivity contribution in [2.24, 2.45) is 5.73 Å². The molecule has 2 rings (SSSR count). The number of halogens is 1. The molecule has 0 spiro atoms. The summed E-state index contributed by atoms with van der Waals surface area (Å²) in [5.74, 6) is -1.03. The highest BCUT2D eigenvalue weighted by atomic mass is 32.1. The average Bonchev–Trinajstić information content (AvgIpc) is 2.86. The highest BCUT2D eigenvalue weighted by Gasteiger charge is 2.25. The van der Waals surface area contributed by atoms with Gasteiger partial charge in [-0.3, -0.25) is 4.79 Å². The fourth-order valence-electron chi connectivity index (χ4n) is 1.79. The number of primary amides is 1. The van der Waals surface area contributed by atoms with Crippen molar-refractivity contribution in [1.29, 1.82) is 0 Å². The molecule has 21 heavy (non-hydrogen) atoms. The van der Waals surface area contributed by atoms with Crippen molar-refractivity contribution in [3.8, 4) is 0 Å². The lowest BCUT2D eigenvalue weighted by molar-refractivity contribution is -0.118. The third kappa shape index (κ3) is 3.58. The van der Waals surface area contributed by atoms with Crippen LogP contribution in [0.15, 0.2) is 29.6 Å². The normalized spacial score (nSPS) is 13.0.